The molecule has 0 amide bonds. The molecule has 1 atom stereocenters. The quantitative estimate of drug-likeness (QED) is 0.647. The van der Waals surface area contributed by atoms with Gasteiger partial charge in [0.2, 0.25) is 10.0 Å². The minimum absolute atomic E-state index is 0.110. The number of nitrogens with zero attached hydrogens (tertiary/aromatic N) is 1. The molecule has 0 aromatic carbocycles. The van der Waals surface area contributed by atoms with Gasteiger partial charge in [0.05, 0.1) is 6.07 Å². The van der Waals surface area contributed by atoms with E-state index in [0.29, 0.717) is 13.2 Å². The van der Waals surface area contributed by atoms with Gasteiger partial charge in [-0.2, -0.15) is 5.26 Å². The SMILES string of the molecule is COCC(C)CNS(=O)(=O)CC#N. The Hall–Kier alpha value is -0.640. The third kappa shape index (κ3) is 6.51. The number of methoxy groups -OCH3 is 1. The molecule has 13 heavy (non-hydrogen) atoms. The van der Waals surface area contributed by atoms with E-state index in [0.717, 1.165) is 0 Å². The molecule has 1 unspecified atom stereocenters. The number of nitriles is 1. The van der Waals surface area contributed by atoms with E-state index in [1.165, 1.54) is 0 Å². The molecule has 0 aromatic heterocycles. The van der Waals surface area contributed by atoms with Crippen molar-refractivity contribution in [3.8, 4) is 6.07 Å². The summed E-state index contributed by atoms with van der Waals surface area (Å²) in [4.78, 5) is 0. The lowest BCUT2D eigenvalue weighted by Gasteiger charge is -2.10. The van der Waals surface area contributed by atoms with E-state index in [1.807, 2.05) is 6.92 Å². The van der Waals surface area contributed by atoms with Crippen molar-refractivity contribution in [2.45, 2.75) is 6.92 Å². The molecule has 0 fully saturated rings. The Bertz CT molecular complexity index is 268. The second-order valence-electron chi connectivity index (χ2n) is 2.83. The fourth-order valence-corrected chi connectivity index (χ4v) is 1.56. The van der Waals surface area contributed by atoms with Crippen molar-refractivity contribution in [2.75, 3.05) is 26.0 Å². The van der Waals surface area contributed by atoms with Crippen molar-refractivity contribution in [1.29, 1.82) is 5.26 Å². The van der Waals surface area contributed by atoms with Gasteiger partial charge in [-0.1, -0.05) is 6.92 Å². The Morgan fingerprint density at radius 2 is 2.23 bits per heavy atom. The van der Waals surface area contributed by atoms with Gasteiger partial charge in [0.15, 0.2) is 5.75 Å². The van der Waals surface area contributed by atoms with E-state index in [4.69, 9.17) is 10.00 Å². The molecule has 5 nitrogen and oxygen atoms in total. The lowest BCUT2D eigenvalue weighted by molar-refractivity contribution is 0.161. The molecule has 0 bridgehead atoms. The highest BCUT2D eigenvalue weighted by atomic mass is 32.2. The van der Waals surface area contributed by atoms with Gasteiger partial charge in [0.25, 0.3) is 0 Å². The molecular formula is C7H14N2O3S. The van der Waals surface area contributed by atoms with Gasteiger partial charge >= 0.3 is 0 Å². The summed E-state index contributed by atoms with van der Waals surface area (Å²) >= 11 is 0. The number of hydrogen-bond donors (Lipinski definition) is 1. The smallest absolute Gasteiger partial charge is 0.225 e. The lowest BCUT2D eigenvalue weighted by Crippen LogP contribution is -2.31. The number of rotatable bonds is 6. The zero-order chi connectivity index (χ0) is 10.3. The molecule has 0 heterocycles. The van der Waals surface area contributed by atoms with E-state index in [9.17, 15) is 8.42 Å². The number of nitrogens with one attached hydrogen (secondary N) is 1. The maximum atomic E-state index is 11.0. The standard InChI is InChI=1S/C7H14N2O3S/c1-7(6-12-2)5-9-13(10,11)4-3-8/h7,9H,4-6H2,1-2H3. The summed E-state index contributed by atoms with van der Waals surface area (Å²) in [6.07, 6.45) is 0. The zero-order valence-electron chi connectivity index (χ0n) is 7.78. The van der Waals surface area contributed by atoms with Gasteiger partial charge < -0.3 is 4.74 Å². The normalized spacial score (nSPS) is 13.6. The van der Waals surface area contributed by atoms with Gasteiger partial charge in [-0.3, -0.25) is 0 Å². The van der Waals surface area contributed by atoms with Crippen LogP contribution in [0.1, 0.15) is 6.92 Å². The van der Waals surface area contributed by atoms with Crippen molar-refractivity contribution in [3.63, 3.8) is 0 Å². The minimum Gasteiger partial charge on any atom is -0.384 e. The average Bonchev–Trinajstić information content (AvgIpc) is 2.02. The van der Waals surface area contributed by atoms with Crippen molar-refractivity contribution < 1.29 is 13.2 Å². The van der Waals surface area contributed by atoms with Crippen LogP contribution in [0.4, 0.5) is 0 Å². The molecule has 0 aliphatic heterocycles. The summed E-state index contributed by atoms with van der Waals surface area (Å²) in [5, 5.41) is 8.18. The number of sulfonamides is 1. The highest BCUT2D eigenvalue weighted by Gasteiger charge is 2.10. The van der Waals surface area contributed by atoms with E-state index >= 15 is 0 Å². The van der Waals surface area contributed by atoms with Crippen LogP contribution in [0.25, 0.3) is 0 Å². The molecule has 6 heteroatoms. The molecule has 76 valence electrons. The van der Waals surface area contributed by atoms with E-state index in [2.05, 4.69) is 4.72 Å². The molecule has 0 rings (SSSR count). The molecule has 0 spiro atoms. The molecule has 0 saturated carbocycles. The van der Waals surface area contributed by atoms with E-state index in [-0.39, 0.29) is 5.92 Å². The maximum Gasteiger partial charge on any atom is 0.225 e. The lowest BCUT2D eigenvalue weighted by atomic mass is 10.2. The van der Waals surface area contributed by atoms with Gasteiger partial charge in [-0.15, -0.1) is 0 Å². The second kappa shape index (κ2) is 5.91. The van der Waals surface area contributed by atoms with Crippen LogP contribution in [0.2, 0.25) is 0 Å². The molecule has 0 radical (unpaired) electrons. The predicted molar refractivity (Wildman–Crippen MR) is 48.4 cm³/mol. The summed E-state index contributed by atoms with van der Waals surface area (Å²) in [6.45, 7) is 2.66. The van der Waals surface area contributed by atoms with E-state index in [1.54, 1.807) is 13.2 Å². The largest absolute Gasteiger partial charge is 0.384 e. The fourth-order valence-electron chi connectivity index (χ4n) is 0.749. The van der Waals surface area contributed by atoms with Crippen LogP contribution >= 0.6 is 0 Å². The van der Waals surface area contributed by atoms with Crippen molar-refractivity contribution in [3.05, 3.63) is 0 Å². The topological polar surface area (TPSA) is 79.2 Å². The van der Waals surface area contributed by atoms with Gasteiger partial charge in [-0.05, 0) is 5.92 Å². The summed E-state index contributed by atoms with van der Waals surface area (Å²) in [5.74, 6) is -0.384. The third-order valence-corrected chi connectivity index (χ3v) is 2.47. The molecule has 0 aromatic rings. The molecule has 1 N–H and O–H groups in total. The van der Waals surface area contributed by atoms with Crippen LogP contribution in [0, 0.1) is 17.2 Å². The molecule has 0 aliphatic carbocycles. The van der Waals surface area contributed by atoms with Crippen LogP contribution in [0.5, 0.6) is 0 Å². The van der Waals surface area contributed by atoms with Crippen LogP contribution in [0.15, 0.2) is 0 Å². The number of ether oxygens (including phenoxy) is 1. The van der Waals surface area contributed by atoms with Gasteiger partial charge in [-0.25, -0.2) is 13.1 Å². The summed E-state index contributed by atoms with van der Waals surface area (Å²) < 4.78 is 29.1. The minimum atomic E-state index is -3.41. The van der Waals surface area contributed by atoms with Gasteiger partial charge in [0, 0.05) is 20.3 Å². The molecular weight excluding hydrogens is 192 g/mol. The molecule has 0 aliphatic rings. The highest BCUT2D eigenvalue weighted by Crippen LogP contribution is 1.94. The summed E-state index contributed by atoms with van der Waals surface area (Å²) in [6, 6.07) is 1.58. The maximum absolute atomic E-state index is 11.0. The summed E-state index contributed by atoms with van der Waals surface area (Å²) in [5.41, 5.74) is 0. The first-order valence-corrected chi connectivity index (χ1v) is 5.50. The summed E-state index contributed by atoms with van der Waals surface area (Å²) in [7, 11) is -1.86. The fraction of sp³-hybridized carbons (Fsp3) is 0.857. The van der Waals surface area contributed by atoms with E-state index < -0.39 is 15.8 Å². The van der Waals surface area contributed by atoms with Crippen molar-refractivity contribution in [1.82, 2.24) is 4.72 Å². The Morgan fingerprint density at radius 1 is 1.62 bits per heavy atom. The van der Waals surface area contributed by atoms with Crippen LogP contribution < -0.4 is 4.72 Å². The van der Waals surface area contributed by atoms with Gasteiger partial charge in [0.1, 0.15) is 0 Å². The highest BCUT2D eigenvalue weighted by molar-refractivity contribution is 7.89. The second-order valence-corrected chi connectivity index (χ2v) is 4.63. The van der Waals surface area contributed by atoms with Crippen LogP contribution in [-0.4, -0.2) is 34.4 Å². The third-order valence-electron chi connectivity index (χ3n) is 1.36. The monoisotopic (exact) mass is 206 g/mol. The first-order chi connectivity index (χ1) is 6.02. The Morgan fingerprint density at radius 3 is 2.69 bits per heavy atom. The first kappa shape index (κ1) is 12.4. The average molecular weight is 206 g/mol. The van der Waals surface area contributed by atoms with Crippen molar-refractivity contribution >= 4 is 10.0 Å². The molecule has 0 saturated heterocycles. The Labute approximate surface area is 78.7 Å². The zero-order valence-corrected chi connectivity index (χ0v) is 8.60. The Kier molecular flexibility index (Phi) is 5.62. The Balaban J connectivity index is 3.82. The first-order valence-electron chi connectivity index (χ1n) is 3.85. The van der Waals surface area contributed by atoms with Crippen molar-refractivity contribution in [2.24, 2.45) is 5.92 Å². The predicted octanol–water partition coefficient (Wildman–Crippen LogP) is -0.288. The van der Waals surface area contributed by atoms with Crippen LogP contribution in [0.3, 0.4) is 0 Å². The van der Waals surface area contributed by atoms with Crippen LogP contribution in [-0.2, 0) is 14.8 Å². The number of hydrogen-bond acceptors (Lipinski definition) is 4.